The Hall–Kier alpha value is -0.780. The van der Waals surface area contributed by atoms with Gasteiger partial charge in [0, 0.05) is 19.0 Å². The van der Waals surface area contributed by atoms with Crippen molar-refractivity contribution < 1.29 is 18.0 Å². The van der Waals surface area contributed by atoms with Crippen LogP contribution in [0.3, 0.4) is 0 Å². The van der Waals surface area contributed by atoms with Gasteiger partial charge < -0.3 is 10.6 Å². The Morgan fingerprint density at radius 3 is 2.48 bits per heavy atom. The zero-order valence-electron chi connectivity index (χ0n) is 12.5. The van der Waals surface area contributed by atoms with Crippen LogP contribution >= 0.6 is 0 Å². The van der Waals surface area contributed by atoms with Gasteiger partial charge in [-0.1, -0.05) is 12.8 Å². The van der Waals surface area contributed by atoms with E-state index >= 15 is 0 Å². The molecule has 2 N–H and O–H groups in total. The molecule has 4 unspecified atom stereocenters. The summed E-state index contributed by atoms with van der Waals surface area (Å²) in [5, 5.41) is 0. The first kappa shape index (κ1) is 16.6. The van der Waals surface area contributed by atoms with E-state index in [-0.39, 0.29) is 24.8 Å². The van der Waals surface area contributed by atoms with Gasteiger partial charge in [0.25, 0.3) is 0 Å². The third-order valence-electron chi connectivity index (χ3n) is 5.25. The molecule has 0 aromatic carbocycles. The number of carbonyl (C=O) groups excluding carboxylic acids is 1. The normalized spacial score (nSPS) is 34.0. The first-order chi connectivity index (χ1) is 9.84. The van der Waals surface area contributed by atoms with Crippen LogP contribution in [-0.2, 0) is 4.79 Å². The fourth-order valence-corrected chi connectivity index (χ4v) is 3.96. The third kappa shape index (κ3) is 3.71. The van der Waals surface area contributed by atoms with Gasteiger partial charge in [0.15, 0.2) is 0 Å². The van der Waals surface area contributed by atoms with Crippen molar-refractivity contribution in [3.63, 3.8) is 0 Å². The van der Waals surface area contributed by atoms with Crippen LogP contribution in [0.15, 0.2) is 0 Å². The minimum absolute atomic E-state index is 0.0489. The van der Waals surface area contributed by atoms with Gasteiger partial charge >= 0.3 is 6.18 Å². The molecule has 2 aliphatic rings. The summed E-state index contributed by atoms with van der Waals surface area (Å²) in [5.41, 5.74) is 5.73. The molecular formula is C15H25F3N2O. The molecule has 0 aromatic rings. The Labute approximate surface area is 124 Å². The van der Waals surface area contributed by atoms with Crippen LogP contribution in [0.4, 0.5) is 13.2 Å². The van der Waals surface area contributed by atoms with Crippen molar-refractivity contribution in [1.82, 2.24) is 4.90 Å². The van der Waals surface area contributed by atoms with Gasteiger partial charge in [-0.3, -0.25) is 4.79 Å². The average molecular weight is 306 g/mol. The second-order valence-electron chi connectivity index (χ2n) is 6.55. The zero-order chi connectivity index (χ0) is 15.6. The predicted octanol–water partition coefficient (Wildman–Crippen LogP) is 2.94. The number of carbonyl (C=O) groups is 1. The number of hydrogen-bond donors (Lipinski definition) is 1. The molecule has 4 atom stereocenters. The van der Waals surface area contributed by atoms with E-state index in [1.807, 2.05) is 0 Å². The van der Waals surface area contributed by atoms with Crippen LogP contribution in [0, 0.1) is 17.8 Å². The van der Waals surface area contributed by atoms with E-state index in [0.717, 1.165) is 19.3 Å². The first-order valence-corrected chi connectivity index (χ1v) is 7.88. The number of hydrogen-bond acceptors (Lipinski definition) is 2. The van der Waals surface area contributed by atoms with Gasteiger partial charge in [0.1, 0.15) is 0 Å². The summed E-state index contributed by atoms with van der Waals surface area (Å²) in [6.07, 6.45) is -0.0352. The maximum Gasteiger partial charge on any atom is 0.391 e. The predicted molar refractivity (Wildman–Crippen MR) is 74.5 cm³/mol. The van der Waals surface area contributed by atoms with Crippen LogP contribution in [0.25, 0.3) is 0 Å². The summed E-state index contributed by atoms with van der Waals surface area (Å²) in [4.78, 5) is 14.2. The number of halogens is 3. The molecule has 0 aromatic heterocycles. The van der Waals surface area contributed by atoms with Crippen molar-refractivity contribution in [3.05, 3.63) is 0 Å². The van der Waals surface area contributed by atoms with Gasteiger partial charge in [-0.25, -0.2) is 0 Å². The van der Waals surface area contributed by atoms with Crippen molar-refractivity contribution in [3.8, 4) is 0 Å². The van der Waals surface area contributed by atoms with Gasteiger partial charge in [0.05, 0.1) is 5.92 Å². The molecule has 0 saturated heterocycles. The minimum atomic E-state index is -4.18. The number of rotatable bonds is 3. The summed E-state index contributed by atoms with van der Waals surface area (Å²) < 4.78 is 38.6. The van der Waals surface area contributed by atoms with Crippen molar-refractivity contribution in [2.45, 2.75) is 57.2 Å². The molecule has 2 aliphatic carbocycles. The van der Waals surface area contributed by atoms with Crippen LogP contribution in [0.1, 0.15) is 44.9 Å². The van der Waals surface area contributed by atoms with Crippen molar-refractivity contribution in [1.29, 1.82) is 0 Å². The summed E-state index contributed by atoms with van der Waals surface area (Å²) in [5.74, 6) is -1.62. The fourth-order valence-electron chi connectivity index (χ4n) is 3.96. The van der Waals surface area contributed by atoms with E-state index in [9.17, 15) is 18.0 Å². The Morgan fingerprint density at radius 2 is 1.86 bits per heavy atom. The largest absolute Gasteiger partial charge is 0.391 e. The fraction of sp³-hybridized carbons (Fsp3) is 0.933. The molecule has 0 aliphatic heterocycles. The molecule has 6 heteroatoms. The lowest BCUT2D eigenvalue weighted by Crippen LogP contribution is -2.45. The van der Waals surface area contributed by atoms with E-state index in [4.69, 9.17) is 5.73 Å². The molecular weight excluding hydrogens is 281 g/mol. The second-order valence-corrected chi connectivity index (χ2v) is 6.55. The quantitative estimate of drug-likeness (QED) is 0.871. The van der Waals surface area contributed by atoms with E-state index in [1.54, 1.807) is 11.9 Å². The van der Waals surface area contributed by atoms with Gasteiger partial charge in [-0.2, -0.15) is 13.2 Å². The molecule has 1 amide bonds. The molecule has 122 valence electrons. The Balaban J connectivity index is 1.98. The van der Waals surface area contributed by atoms with E-state index < -0.39 is 18.0 Å². The van der Waals surface area contributed by atoms with Gasteiger partial charge in [0.2, 0.25) is 5.91 Å². The lowest BCUT2D eigenvalue weighted by molar-refractivity contribution is -0.187. The number of alkyl halides is 3. The lowest BCUT2D eigenvalue weighted by Gasteiger charge is -2.35. The highest BCUT2D eigenvalue weighted by Crippen LogP contribution is 2.41. The maximum atomic E-state index is 12.9. The molecule has 21 heavy (non-hydrogen) atoms. The van der Waals surface area contributed by atoms with E-state index in [2.05, 4.69) is 0 Å². The number of amides is 1. The molecule has 2 fully saturated rings. The van der Waals surface area contributed by atoms with Gasteiger partial charge in [-0.15, -0.1) is 0 Å². The number of nitrogens with two attached hydrogens (primary N) is 1. The van der Waals surface area contributed by atoms with E-state index in [1.165, 1.54) is 0 Å². The smallest absolute Gasteiger partial charge is 0.342 e. The standard InChI is InChI=1S/C15H25F3N2O/c1-20(13-7-3-5-11(13)9-19)14(21)10-4-2-6-12(8-10)15(16,17)18/h10-13H,2-9,19H2,1H3. The summed E-state index contributed by atoms with van der Waals surface area (Å²) in [6, 6.07) is 0.105. The van der Waals surface area contributed by atoms with Crippen molar-refractivity contribution >= 4 is 5.91 Å². The molecule has 0 heterocycles. The molecule has 2 saturated carbocycles. The number of nitrogens with zero attached hydrogens (tertiary/aromatic N) is 1. The second kappa shape index (κ2) is 6.55. The summed E-state index contributed by atoms with van der Waals surface area (Å²) in [6.45, 7) is 0.540. The highest BCUT2D eigenvalue weighted by atomic mass is 19.4. The highest BCUT2D eigenvalue weighted by molar-refractivity contribution is 5.79. The van der Waals surface area contributed by atoms with Gasteiger partial charge in [-0.05, 0) is 44.6 Å². The topological polar surface area (TPSA) is 46.3 Å². The van der Waals surface area contributed by atoms with Crippen molar-refractivity contribution in [2.24, 2.45) is 23.5 Å². The molecule has 0 spiro atoms. The van der Waals surface area contributed by atoms with Crippen LogP contribution < -0.4 is 5.73 Å². The van der Waals surface area contributed by atoms with Crippen LogP contribution in [0.2, 0.25) is 0 Å². The molecule has 0 radical (unpaired) electrons. The lowest BCUT2D eigenvalue weighted by atomic mass is 9.80. The summed E-state index contributed by atoms with van der Waals surface area (Å²) >= 11 is 0. The Kier molecular flexibility index (Phi) is 5.17. The van der Waals surface area contributed by atoms with Crippen LogP contribution in [-0.4, -0.2) is 36.6 Å². The molecule has 2 rings (SSSR count). The molecule has 0 bridgehead atoms. The minimum Gasteiger partial charge on any atom is -0.342 e. The van der Waals surface area contributed by atoms with Crippen LogP contribution in [0.5, 0.6) is 0 Å². The Morgan fingerprint density at radius 1 is 1.19 bits per heavy atom. The zero-order valence-corrected chi connectivity index (χ0v) is 12.5. The average Bonchev–Trinajstić information content (AvgIpc) is 2.93. The Bertz CT molecular complexity index is 372. The maximum absolute atomic E-state index is 12.9. The third-order valence-corrected chi connectivity index (χ3v) is 5.25. The monoisotopic (exact) mass is 306 g/mol. The highest BCUT2D eigenvalue weighted by Gasteiger charge is 2.44. The van der Waals surface area contributed by atoms with Crippen molar-refractivity contribution in [2.75, 3.05) is 13.6 Å². The van der Waals surface area contributed by atoms with E-state index in [0.29, 0.717) is 25.3 Å². The SMILES string of the molecule is CN(C(=O)C1CCCC(C(F)(F)F)C1)C1CCCC1CN. The first-order valence-electron chi connectivity index (χ1n) is 7.88. The summed E-state index contributed by atoms with van der Waals surface area (Å²) in [7, 11) is 1.73. The molecule has 3 nitrogen and oxygen atoms in total.